The molecule has 2 aromatic rings. The van der Waals surface area contributed by atoms with Crippen LogP contribution in [0.1, 0.15) is 29.0 Å². The fourth-order valence-corrected chi connectivity index (χ4v) is 7.32. The molecule has 1 fully saturated rings. The van der Waals surface area contributed by atoms with Crippen molar-refractivity contribution in [2.45, 2.75) is 33.6 Å². The number of rotatable bonds is 8. The zero-order valence-electron chi connectivity index (χ0n) is 16.1. The molecule has 2 atom stereocenters. The van der Waals surface area contributed by atoms with Gasteiger partial charge in [-0.1, -0.05) is 30.9 Å². The third kappa shape index (κ3) is 4.24. The first-order chi connectivity index (χ1) is 13.8. The van der Waals surface area contributed by atoms with E-state index in [9.17, 15) is 16.8 Å². The van der Waals surface area contributed by atoms with E-state index >= 15 is 0 Å². The van der Waals surface area contributed by atoms with E-state index < -0.39 is 35.5 Å². The zero-order chi connectivity index (χ0) is 21.1. The molecule has 1 aliphatic rings. The molecule has 29 heavy (non-hydrogen) atoms. The van der Waals surface area contributed by atoms with Crippen LogP contribution in [0.5, 0.6) is 0 Å². The molecule has 1 N–H and O–H groups in total. The van der Waals surface area contributed by atoms with Gasteiger partial charge in [0.25, 0.3) is 0 Å². The van der Waals surface area contributed by atoms with Gasteiger partial charge in [0.1, 0.15) is 5.25 Å². The van der Waals surface area contributed by atoms with E-state index in [1.165, 1.54) is 24.3 Å². The van der Waals surface area contributed by atoms with E-state index in [2.05, 4.69) is 18.5 Å². The Hall–Kier alpha value is -2.16. The molecule has 6 nitrogen and oxygen atoms in total. The normalized spacial score (nSPS) is 18.1. The summed E-state index contributed by atoms with van der Waals surface area (Å²) in [5.74, 6) is 0. The summed E-state index contributed by atoms with van der Waals surface area (Å²) in [6.07, 6.45) is 7.26. The third-order valence-corrected chi connectivity index (χ3v) is 9.87. The summed E-state index contributed by atoms with van der Waals surface area (Å²) in [4.78, 5) is 0.113. The lowest BCUT2D eigenvalue weighted by atomic mass is 10.1. The van der Waals surface area contributed by atoms with Crippen molar-refractivity contribution in [1.82, 2.24) is 9.88 Å². The lowest BCUT2D eigenvalue weighted by molar-refractivity contribution is 0.493. The maximum Gasteiger partial charge on any atom is 0.203 e. The largest absolute Gasteiger partial charge is 0.334 e. The van der Waals surface area contributed by atoms with Gasteiger partial charge in [-0.25, -0.2) is 16.8 Å². The molecule has 2 unspecified atom stereocenters. The molecule has 0 radical (unpaired) electrons. The van der Waals surface area contributed by atoms with Crippen LogP contribution < -0.4 is 5.32 Å². The summed E-state index contributed by atoms with van der Waals surface area (Å²) in [6.45, 7) is 8.72. The lowest BCUT2D eigenvalue weighted by Crippen LogP contribution is -2.37. The first-order valence-electron chi connectivity index (χ1n) is 9.47. The number of nitrogens with zero attached hydrogens (tertiary/aromatic N) is 1. The predicted octanol–water partition coefficient (Wildman–Crippen LogP) is 3.04. The first-order valence-corrected chi connectivity index (χ1v) is 12.6. The van der Waals surface area contributed by atoms with Crippen molar-refractivity contribution in [1.29, 1.82) is 0 Å². The summed E-state index contributed by atoms with van der Waals surface area (Å²) >= 11 is 0. The maximum atomic E-state index is 13.1. The molecule has 1 saturated heterocycles. The van der Waals surface area contributed by atoms with Crippen LogP contribution in [-0.2, 0) is 19.7 Å². The van der Waals surface area contributed by atoms with Crippen LogP contribution in [0.2, 0.25) is 0 Å². The molecule has 0 bridgehead atoms. The van der Waals surface area contributed by atoms with Crippen LogP contribution >= 0.6 is 0 Å². The van der Waals surface area contributed by atoms with Crippen LogP contribution in [-0.4, -0.2) is 39.7 Å². The fourth-order valence-electron chi connectivity index (χ4n) is 3.70. The van der Waals surface area contributed by atoms with Crippen molar-refractivity contribution in [3.63, 3.8) is 0 Å². The molecule has 1 aromatic carbocycles. The van der Waals surface area contributed by atoms with Gasteiger partial charge in [0.15, 0.2) is 15.2 Å². The number of hydrogen-bond acceptors (Lipinski definition) is 5. The number of nitrogens with one attached hydrogen (secondary N) is 1. The molecular formula is C21H26N2O4S2. The second-order valence-corrected chi connectivity index (χ2v) is 11.5. The van der Waals surface area contributed by atoms with E-state index in [1.54, 1.807) is 41.2 Å². The molecule has 3 rings (SSSR count). The zero-order valence-corrected chi connectivity index (χ0v) is 17.8. The van der Waals surface area contributed by atoms with Crippen LogP contribution in [0.25, 0.3) is 0 Å². The van der Waals surface area contributed by atoms with Gasteiger partial charge < -0.3 is 9.88 Å². The molecule has 0 amide bonds. The summed E-state index contributed by atoms with van der Waals surface area (Å²) in [7, 11) is -7.18. The Kier molecular flexibility index (Phi) is 6.45. The minimum absolute atomic E-state index is 0.113. The minimum atomic E-state index is -3.72. The first kappa shape index (κ1) is 21.5. The van der Waals surface area contributed by atoms with Crippen LogP contribution in [0.3, 0.4) is 0 Å². The van der Waals surface area contributed by atoms with Crippen molar-refractivity contribution >= 4 is 19.7 Å². The van der Waals surface area contributed by atoms with Crippen LogP contribution in [0, 0.1) is 0 Å². The number of aromatic nitrogens is 1. The fraction of sp³-hybridized carbons (Fsp3) is 0.333. The highest BCUT2D eigenvalue weighted by atomic mass is 32.2. The highest BCUT2D eigenvalue weighted by Crippen LogP contribution is 2.32. The molecule has 156 valence electrons. The van der Waals surface area contributed by atoms with Gasteiger partial charge in [-0.2, -0.15) is 0 Å². The Morgan fingerprint density at radius 1 is 0.966 bits per heavy atom. The second-order valence-electron chi connectivity index (χ2n) is 7.07. The quantitative estimate of drug-likeness (QED) is 0.646. The Labute approximate surface area is 172 Å². The maximum absolute atomic E-state index is 13.1. The van der Waals surface area contributed by atoms with Gasteiger partial charge in [-0.3, -0.25) is 0 Å². The topological polar surface area (TPSA) is 85.2 Å². The van der Waals surface area contributed by atoms with E-state index in [1.807, 2.05) is 0 Å². The monoisotopic (exact) mass is 434 g/mol. The van der Waals surface area contributed by atoms with Crippen molar-refractivity contribution in [3.8, 4) is 0 Å². The van der Waals surface area contributed by atoms with Gasteiger partial charge in [-0.05, 0) is 55.8 Å². The number of sulfone groups is 2. The average molecular weight is 435 g/mol. The summed E-state index contributed by atoms with van der Waals surface area (Å²) in [5.41, 5.74) is 0.522. The standard InChI is InChI=1S/C21H26N2O4S2/c1-3-20(28(24,25)19-11-13-22-14-12-19)17-7-9-18(10-8-17)29(26,27)21(4-2)23-15-5-6-16-23/h3-10,15-16,19-22H,1-2,11-14H2. The SMILES string of the molecule is C=CC(n1cccc1)S(=O)(=O)c1ccc(C(C=C)S(=O)(=O)C2CCNCC2)cc1. The molecule has 0 saturated carbocycles. The van der Waals surface area contributed by atoms with Crippen molar-refractivity contribution in [2.24, 2.45) is 0 Å². The van der Waals surface area contributed by atoms with Gasteiger partial charge in [0.2, 0.25) is 9.84 Å². The Balaban J connectivity index is 1.90. The van der Waals surface area contributed by atoms with E-state index in [0.29, 0.717) is 31.5 Å². The lowest BCUT2D eigenvalue weighted by Gasteiger charge is -2.26. The molecule has 1 aliphatic heterocycles. The summed E-state index contributed by atoms with van der Waals surface area (Å²) in [5, 5.41) is 0.953. The molecular weight excluding hydrogens is 408 g/mol. The van der Waals surface area contributed by atoms with E-state index in [0.717, 1.165) is 0 Å². The molecule has 1 aromatic heterocycles. The van der Waals surface area contributed by atoms with Gasteiger partial charge >= 0.3 is 0 Å². The van der Waals surface area contributed by atoms with Crippen molar-refractivity contribution < 1.29 is 16.8 Å². The number of benzene rings is 1. The highest BCUT2D eigenvalue weighted by molar-refractivity contribution is 7.92. The van der Waals surface area contributed by atoms with Gasteiger partial charge in [0, 0.05) is 12.4 Å². The van der Waals surface area contributed by atoms with Crippen LogP contribution in [0.4, 0.5) is 0 Å². The van der Waals surface area contributed by atoms with Gasteiger partial charge in [0.05, 0.1) is 10.1 Å². The van der Waals surface area contributed by atoms with Crippen molar-refractivity contribution in [2.75, 3.05) is 13.1 Å². The van der Waals surface area contributed by atoms with Gasteiger partial charge in [-0.15, -0.1) is 6.58 Å². The minimum Gasteiger partial charge on any atom is -0.334 e. The second kappa shape index (κ2) is 8.69. The summed E-state index contributed by atoms with van der Waals surface area (Å²) in [6, 6.07) is 9.53. The average Bonchev–Trinajstić information content (AvgIpc) is 3.24. The number of hydrogen-bond donors (Lipinski definition) is 1. The third-order valence-electron chi connectivity index (χ3n) is 5.30. The highest BCUT2D eigenvalue weighted by Gasteiger charge is 2.34. The van der Waals surface area contributed by atoms with Crippen molar-refractivity contribution in [3.05, 3.63) is 79.7 Å². The Morgan fingerprint density at radius 2 is 1.55 bits per heavy atom. The van der Waals surface area contributed by atoms with Crippen LogP contribution in [0.15, 0.2) is 79.0 Å². The molecule has 0 aliphatic carbocycles. The molecule has 0 spiro atoms. The smallest absolute Gasteiger partial charge is 0.203 e. The number of piperidine rings is 1. The van der Waals surface area contributed by atoms with E-state index in [4.69, 9.17) is 0 Å². The molecule has 8 heteroatoms. The van der Waals surface area contributed by atoms with E-state index in [-0.39, 0.29) is 4.90 Å². The summed E-state index contributed by atoms with van der Waals surface area (Å²) < 4.78 is 53.7. The Bertz CT molecular complexity index is 1050. The Morgan fingerprint density at radius 3 is 2.07 bits per heavy atom. The molecule has 2 heterocycles. The predicted molar refractivity (Wildman–Crippen MR) is 115 cm³/mol.